The van der Waals surface area contributed by atoms with Crippen molar-refractivity contribution in [3.8, 4) is 5.75 Å². The fourth-order valence-corrected chi connectivity index (χ4v) is 2.23. The van der Waals surface area contributed by atoms with Gasteiger partial charge in [0.05, 0.1) is 4.47 Å². The molecule has 1 aromatic rings. The fraction of sp³-hybridized carbons (Fsp3) is 0.467. The zero-order valence-corrected chi connectivity index (χ0v) is 13.7. The van der Waals surface area contributed by atoms with E-state index in [1.807, 2.05) is 0 Å². The van der Waals surface area contributed by atoms with Crippen LogP contribution in [0.4, 0.5) is 4.39 Å². The molecule has 1 aromatic carbocycles. The third-order valence-corrected chi connectivity index (χ3v) is 3.51. The van der Waals surface area contributed by atoms with E-state index in [2.05, 4.69) is 21.2 Å². The molecule has 0 aromatic heterocycles. The molecule has 7 heteroatoms. The molecular formula is C15H19BrFNO4. The van der Waals surface area contributed by atoms with Crippen molar-refractivity contribution in [1.29, 1.82) is 0 Å². The number of nitrogens with one attached hydrogen (secondary N) is 1. The van der Waals surface area contributed by atoms with Crippen molar-refractivity contribution in [3.05, 3.63) is 28.5 Å². The lowest BCUT2D eigenvalue weighted by Crippen LogP contribution is -2.29. The van der Waals surface area contributed by atoms with E-state index in [4.69, 9.17) is 9.84 Å². The average Bonchev–Trinajstić information content (AvgIpc) is 2.45. The van der Waals surface area contributed by atoms with E-state index >= 15 is 0 Å². The first-order valence-electron chi connectivity index (χ1n) is 7.05. The second-order valence-electron chi connectivity index (χ2n) is 4.77. The van der Waals surface area contributed by atoms with Crippen LogP contribution >= 0.6 is 15.9 Å². The molecular weight excluding hydrogens is 357 g/mol. The van der Waals surface area contributed by atoms with Crippen LogP contribution in [-0.2, 0) is 9.59 Å². The lowest BCUT2D eigenvalue weighted by Gasteiger charge is -2.09. The Hall–Kier alpha value is -1.63. The monoisotopic (exact) mass is 375 g/mol. The normalized spacial score (nSPS) is 10.3. The van der Waals surface area contributed by atoms with Crippen LogP contribution in [0.3, 0.4) is 0 Å². The summed E-state index contributed by atoms with van der Waals surface area (Å²) >= 11 is 3.16. The maximum Gasteiger partial charge on any atom is 0.303 e. The van der Waals surface area contributed by atoms with Crippen LogP contribution < -0.4 is 10.1 Å². The summed E-state index contributed by atoms with van der Waals surface area (Å²) in [4.78, 5) is 21.9. The minimum atomic E-state index is -0.780. The highest BCUT2D eigenvalue weighted by Gasteiger charge is 2.06. The van der Waals surface area contributed by atoms with Gasteiger partial charge in [0.1, 0.15) is 11.6 Å². The highest BCUT2D eigenvalue weighted by atomic mass is 79.9. The molecule has 0 spiro atoms. The number of aliphatic carboxylic acids is 1. The number of amides is 1. The molecule has 2 N–H and O–H groups in total. The summed E-state index contributed by atoms with van der Waals surface area (Å²) in [6.07, 6.45) is 3.35. The SMILES string of the molecule is O=C(O)CCCCCCNC(=O)COc1ccc(F)cc1Br. The van der Waals surface area contributed by atoms with Gasteiger partial charge in [-0.3, -0.25) is 9.59 Å². The standard InChI is InChI=1S/C15H19BrFNO4/c16-12-9-11(17)6-7-13(12)22-10-14(19)18-8-4-2-1-3-5-15(20)21/h6-7,9H,1-5,8,10H2,(H,18,19)(H,20,21). The molecule has 122 valence electrons. The molecule has 0 aliphatic heterocycles. The molecule has 0 radical (unpaired) electrons. The number of carbonyl (C=O) groups excluding carboxylic acids is 1. The Morgan fingerprint density at radius 2 is 1.95 bits per heavy atom. The Balaban J connectivity index is 2.10. The average molecular weight is 376 g/mol. The molecule has 0 aliphatic rings. The maximum absolute atomic E-state index is 12.9. The third kappa shape index (κ3) is 7.97. The molecule has 0 unspecified atom stereocenters. The number of carboxylic acids is 1. The van der Waals surface area contributed by atoms with Gasteiger partial charge in [-0.2, -0.15) is 0 Å². The molecule has 0 fully saturated rings. The predicted molar refractivity (Wildman–Crippen MR) is 83.3 cm³/mol. The van der Waals surface area contributed by atoms with E-state index in [1.165, 1.54) is 18.2 Å². The van der Waals surface area contributed by atoms with Gasteiger partial charge in [-0.25, -0.2) is 4.39 Å². The van der Waals surface area contributed by atoms with Crippen LogP contribution in [0.15, 0.2) is 22.7 Å². The Bertz CT molecular complexity index is 510. The van der Waals surface area contributed by atoms with Gasteiger partial charge in [0.25, 0.3) is 5.91 Å². The van der Waals surface area contributed by atoms with Gasteiger partial charge in [0.2, 0.25) is 0 Å². The van der Waals surface area contributed by atoms with Crippen LogP contribution in [0.5, 0.6) is 5.75 Å². The summed E-state index contributed by atoms with van der Waals surface area (Å²) < 4.78 is 18.6. The topological polar surface area (TPSA) is 75.6 Å². The zero-order chi connectivity index (χ0) is 16.4. The van der Waals surface area contributed by atoms with E-state index in [1.54, 1.807) is 0 Å². The van der Waals surface area contributed by atoms with Crippen molar-refractivity contribution in [3.63, 3.8) is 0 Å². The minimum Gasteiger partial charge on any atom is -0.483 e. The zero-order valence-electron chi connectivity index (χ0n) is 12.1. The largest absolute Gasteiger partial charge is 0.483 e. The molecule has 1 rings (SSSR count). The number of unbranched alkanes of at least 4 members (excludes halogenated alkanes) is 3. The number of hydrogen-bond acceptors (Lipinski definition) is 3. The first-order valence-corrected chi connectivity index (χ1v) is 7.84. The molecule has 5 nitrogen and oxygen atoms in total. The first-order chi connectivity index (χ1) is 10.5. The van der Waals surface area contributed by atoms with Crippen molar-refractivity contribution in [1.82, 2.24) is 5.32 Å². The molecule has 1 amide bonds. The number of carbonyl (C=O) groups is 2. The number of benzene rings is 1. The quantitative estimate of drug-likeness (QED) is 0.616. The van der Waals surface area contributed by atoms with Crippen molar-refractivity contribution >= 4 is 27.8 Å². The molecule has 22 heavy (non-hydrogen) atoms. The van der Waals surface area contributed by atoms with E-state index in [0.29, 0.717) is 23.2 Å². The van der Waals surface area contributed by atoms with Crippen LogP contribution in [0, 0.1) is 5.82 Å². The summed E-state index contributed by atoms with van der Waals surface area (Å²) in [6.45, 7) is 0.392. The third-order valence-electron chi connectivity index (χ3n) is 2.89. The second-order valence-corrected chi connectivity index (χ2v) is 5.63. The van der Waals surface area contributed by atoms with Crippen LogP contribution in [0.1, 0.15) is 32.1 Å². The highest BCUT2D eigenvalue weighted by molar-refractivity contribution is 9.10. The second kappa shape index (κ2) is 10.2. The van der Waals surface area contributed by atoms with Crippen LogP contribution in [0.25, 0.3) is 0 Å². The summed E-state index contributed by atoms with van der Waals surface area (Å²) in [6, 6.07) is 3.98. The molecule has 0 aliphatic carbocycles. The molecule has 0 atom stereocenters. The molecule has 0 saturated heterocycles. The number of halogens is 2. The van der Waals surface area contributed by atoms with Crippen molar-refractivity contribution in [2.75, 3.05) is 13.2 Å². The van der Waals surface area contributed by atoms with Gasteiger partial charge >= 0.3 is 5.97 Å². The highest BCUT2D eigenvalue weighted by Crippen LogP contribution is 2.25. The van der Waals surface area contributed by atoms with Gasteiger partial charge in [-0.15, -0.1) is 0 Å². The van der Waals surface area contributed by atoms with Gasteiger partial charge in [-0.1, -0.05) is 12.8 Å². The molecule has 0 bridgehead atoms. The lowest BCUT2D eigenvalue weighted by atomic mass is 10.1. The number of ether oxygens (including phenoxy) is 1. The first kappa shape index (κ1) is 18.4. The van der Waals surface area contributed by atoms with Gasteiger partial charge in [0.15, 0.2) is 6.61 Å². The van der Waals surface area contributed by atoms with E-state index in [0.717, 1.165) is 19.3 Å². The Morgan fingerprint density at radius 1 is 1.23 bits per heavy atom. The van der Waals surface area contributed by atoms with E-state index in [9.17, 15) is 14.0 Å². The van der Waals surface area contributed by atoms with Crippen molar-refractivity contribution < 1.29 is 23.8 Å². The molecule has 0 saturated carbocycles. The Labute approximate surface area is 137 Å². The van der Waals surface area contributed by atoms with Crippen LogP contribution in [-0.4, -0.2) is 30.1 Å². The summed E-state index contributed by atoms with van der Waals surface area (Å²) in [5, 5.41) is 11.2. The van der Waals surface area contributed by atoms with E-state index < -0.39 is 5.97 Å². The van der Waals surface area contributed by atoms with Gasteiger partial charge in [0, 0.05) is 13.0 Å². The summed E-state index contributed by atoms with van der Waals surface area (Å²) in [5.41, 5.74) is 0. The van der Waals surface area contributed by atoms with Gasteiger partial charge in [-0.05, 0) is 47.0 Å². The molecule has 0 heterocycles. The van der Waals surface area contributed by atoms with E-state index in [-0.39, 0.29) is 24.8 Å². The number of carboxylic acid groups (broad SMARTS) is 1. The minimum absolute atomic E-state index is 0.136. The Morgan fingerprint density at radius 3 is 2.64 bits per heavy atom. The maximum atomic E-state index is 12.9. The van der Waals surface area contributed by atoms with Crippen LogP contribution in [0.2, 0.25) is 0 Å². The fourth-order valence-electron chi connectivity index (χ4n) is 1.77. The smallest absolute Gasteiger partial charge is 0.303 e. The lowest BCUT2D eigenvalue weighted by molar-refractivity contribution is -0.137. The summed E-state index contributed by atoms with van der Waals surface area (Å²) in [5.74, 6) is -1.00. The van der Waals surface area contributed by atoms with Crippen molar-refractivity contribution in [2.45, 2.75) is 32.1 Å². The van der Waals surface area contributed by atoms with Crippen molar-refractivity contribution in [2.24, 2.45) is 0 Å². The van der Waals surface area contributed by atoms with Gasteiger partial charge < -0.3 is 15.2 Å². The summed E-state index contributed by atoms with van der Waals surface area (Å²) in [7, 11) is 0. The predicted octanol–water partition coefficient (Wildman–Crippen LogP) is 3.12. The Kier molecular flexibility index (Phi) is 8.50. The number of hydrogen-bond donors (Lipinski definition) is 2. The number of rotatable bonds is 10.